The third-order valence-corrected chi connectivity index (χ3v) is 6.19. The van der Waals surface area contributed by atoms with Crippen LogP contribution < -0.4 is 14.8 Å². The molecule has 8 nitrogen and oxygen atoms in total. The first-order valence-corrected chi connectivity index (χ1v) is 11.4. The van der Waals surface area contributed by atoms with Crippen LogP contribution in [0.25, 0.3) is 0 Å². The SMILES string of the molecule is COc1cc(SCC(=O)NC[C@H]2CN(Cc3ccc(Cl)c(Cl)c3)CCO2)nc(OC)n1. The Labute approximate surface area is 195 Å². The molecule has 1 amide bonds. The lowest BCUT2D eigenvalue weighted by Gasteiger charge is -2.33. The molecule has 1 aromatic carbocycles. The van der Waals surface area contributed by atoms with E-state index in [0.29, 0.717) is 40.6 Å². The van der Waals surface area contributed by atoms with Gasteiger partial charge in [0.15, 0.2) is 0 Å². The zero-order valence-electron chi connectivity index (χ0n) is 17.3. The average Bonchev–Trinajstić information content (AvgIpc) is 2.78. The number of halogens is 2. The quantitative estimate of drug-likeness (QED) is 0.427. The van der Waals surface area contributed by atoms with E-state index in [1.54, 1.807) is 12.1 Å². The Balaban J connectivity index is 1.44. The second kappa shape index (κ2) is 11.7. The third-order valence-electron chi connectivity index (χ3n) is 4.54. The van der Waals surface area contributed by atoms with Crippen LogP contribution >= 0.6 is 35.0 Å². The highest BCUT2D eigenvalue weighted by atomic mass is 35.5. The highest BCUT2D eigenvalue weighted by Crippen LogP contribution is 2.24. The molecule has 2 heterocycles. The lowest BCUT2D eigenvalue weighted by Crippen LogP contribution is -2.47. The molecule has 1 saturated heterocycles. The van der Waals surface area contributed by atoms with Gasteiger partial charge in [0.2, 0.25) is 11.8 Å². The molecule has 1 N–H and O–H groups in total. The summed E-state index contributed by atoms with van der Waals surface area (Å²) in [5.41, 5.74) is 1.09. The van der Waals surface area contributed by atoms with Crippen LogP contribution in [0.3, 0.4) is 0 Å². The molecule has 1 aliphatic heterocycles. The number of ether oxygens (including phenoxy) is 3. The van der Waals surface area contributed by atoms with Gasteiger partial charge in [0.25, 0.3) is 0 Å². The molecule has 3 rings (SSSR count). The van der Waals surface area contributed by atoms with Gasteiger partial charge in [-0.15, -0.1) is 0 Å². The Hall–Kier alpha value is -1.78. The van der Waals surface area contributed by atoms with E-state index in [1.807, 2.05) is 12.1 Å². The highest BCUT2D eigenvalue weighted by Gasteiger charge is 2.21. The normalized spacial score (nSPS) is 16.7. The molecule has 1 fully saturated rings. The number of methoxy groups -OCH3 is 2. The Morgan fingerprint density at radius 3 is 2.84 bits per heavy atom. The second-order valence-electron chi connectivity index (χ2n) is 6.80. The van der Waals surface area contributed by atoms with E-state index in [2.05, 4.69) is 20.2 Å². The number of nitrogens with one attached hydrogen (secondary N) is 1. The largest absolute Gasteiger partial charge is 0.481 e. The Morgan fingerprint density at radius 1 is 1.26 bits per heavy atom. The summed E-state index contributed by atoms with van der Waals surface area (Å²) in [5.74, 6) is 0.488. The van der Waals surface area contributed by atoms with Gasteiger partial charge in [0.05, 0.1) is 42.7 Å². The molecule has 1 aliphatic rings. The molecule has 31 heavy (non-hydrogen) atoms. The molecule has 0 radical (unpaired) electrons. The number of hydrogen-bond donors (Lipinski definition) is 1. The van der Waals surface area contributed by atoms with Crippen molar-refractivity contribution in [3.8, 4) is 11.9 Å². The smallest absolute Gasteiger partial charge is 0.320 e. The van der Waals surface area contributed by atoms with Gasteiger partial charge in [-0.3, -0.25) is 9.69 Å². The summed E-state index contributed by atoms with van der Waals surface area (Å²) >= 11 is 13.4. The number of carbonyl (C=O) groups is 1. The van der Waals surface area contributed by atoms with E-state index >= 15 is 0 Å². The molecule has 2 aromatic rings. The van der Waals surface area contributed by atoms with Crippen LogP contribution in [0.5, 0.6) is 11.9 Å². The zero-order chi connectivity index (χ0) is 22.2. The molecule has 1 aromatic heterocycles. The summed E-state index contributed by atoms with van der Waals surface area (Å²) in [6.45, 7) is 3.33. The molecule has 11 heteroatoms. The minimum absolute atomic E-state index is 0.0790. The van der Waals surface area contributed by atoms with E-state index in [0.717, 1.165) is 18.7 Å². The monoisotopic (exact) mass is 486 g/mol. The minimum atomic E-state index is -0.105. The second-order valence-corrected chi connectivity index (χ2v) is 8.61. The summed E-state index contributed by atoms with van der Waals surface area (Å²) in [6.07, 6.45) is -0.0790. The molecule has 0 aliphatic carbocycles. The maximum Gasteiger partial charge on any atom is 0.320 e. The molecule has 0 spiro atoms. The topological polar surface area (TPSA) is 85.8 Å². The maximum atomic E-state index is 12.3. The van der Waals surface area contributed by atoms with E-state index in [1.165, 1.54) is 26.0 Å². The number of morpholine rings is 1. The van der Waals surface area contributed by atoms with Gasteiger partial charge < -0.3 is 19.5 Å². The number of rotatable bonds is 9. The van der Waals surface area contributed by atoms with Crippen molar-refractivity contribution in [3.63, 3.8) is 0 Å². The maximum absolute atomic E-state index is 12.3. The van der Waals surface area contributed by atoms with Crippen molar-refractivity contribution in [2.75, 3.05) is 46.2 Å². The molecule has 0 bridgehead atoms. The molecule has 1 atom stereocenters. The Kier molecular flexibility index (Phi) is 9.03. The molecule has 168 valence electrons. The van der Waals surface area contributed by atoms with Crippen molar-refractivity contribution in [1.29, 1.82) is 0 Å². The molecule has 0 saturated carbocycles. The van der Waals surface area contributed by atoms with Crippen LogP contribution in [0.15, 0.2) is 29.3 Å². The number of benzene rings is 1. The predicted octanol–water partition coefficient (Wildman–Crippen LogP) is 2.91. The van der Waals surface area contributed by atoms with Crippen molar-refractivity contribution in [2.24, 2.45) is 0 Å². The summed E-state index contributed by atoms with van der Waals surface area (Å²) < 4.78 is 16.0. The van der Waals surface area contributed by atoms with Gasteiger partial charge in [0, 0.05) is 32.2 Å². The Bertz CT molecular complexity index is 883. The Morgan fingerprint density at radius 2 is 2.10 bits per heavy atom. The molecular formula is C20H24Cl2N4O4S. The van der Waals surface area contributed by atoms with Crippen LogP contribution in [-0.2, 0) is 16.1 Å². The van der Waals surface area contributed by atoms with Crippen LogP contribution in [0.4, 0.5) is 0 Å². The summed E-state index contributed by atoms with van der Waals surface area (Å²) in [6, 6.07) is 7.50. The van der Waals surface area contributed by atoms with Gasteiger partial charge in [-0.1, -0.05) is 41.0 Å². The van der Waals surface area contributed by atoms with Crippen molar-refractivity contribution in [3.05, 3.63) is 39.9 Å². The number of hydrogen-bond acceptors (Lipinski definition) is 8. The summed E-state index contributed by atoms with van der Waals surface area (Å²) in [7, 11) is 2.99. The number of amides is 1. The van der Waals surface area contributed by atoms with Gasteiger partial charge in [-0.2, -0.15) is 9.97 Å². The number of carbonyl (C=O) groups excluding carboxylic acids is 1. The molecule has 0 unspecified atom stereocenters. The van der Waals surface area contributed by atoms with Crippen LogP contribution in [0.1, 0.15) is 5.56 Å². The fourth-order valence-corrected chi connectivity index (χ4v) is 4.04. The number of thioether (sulfide) groups is 1. The van der Waals surface area contributed by atoms with Gasteiger partial charge in [-0.05, 0) is 17.7 Å². The predicted molar refractivity (Wildman–Crippen MR) is 120 cm³/mol. The fourth-order valence-electron chi connectivity index (χ4n) is 3.02. The highest BCUT2D eigenvalue weighted by molar-refractivity contribution is 7.99. The first-order valence-electron chi connectivity index (χ1n) is 9.61. The third kappa shape index (κ3) is 7.40. The molecular weight excluding hydrogens is 463 g/mol. The number of aromatic nitrogens is 2. The lowest BCUT2D eigenvalue weighted by molar-refractivity contribution is -0.119. The first kappa shape index (κ1) is 23.9. The summed E-state index contributed by atoms with van der Waals surface area (Å²) in [4.78, 5) is 22.8. The van der Waals surface area contributed by atoms with E-state index < -0.39 is 0 Å². The van der Waals surface area contributed by atoms with E-state index in [4.69, 9.17) is 37.4 Å². The van der Waals surface area contributed by atoms with Gasteiger partial charge >= 0.3 is 6.01 Å². The zero-order valence-corrected chi connectivity index (χ0v) is 19.6. The average molecular weight is 487 g/mol. The van der Waals surface area contributed by atoms with E-state index in [-0.39, 0.29) is 23.8 Å². The van der Waals surface area contributed by atoms with Crippen molar-refractivity contribution in [1.82, 2.24) is 20.2 Å². The van der Waals surface area contributed by atoms with Crippen LogP contribution in [0.2, 0.25) is 10.0 Å². The first-order chi connectivity index (χ1) is 15.0. The fraction of sp³-hybridized carbons (Fsp3) is 0.450. The van der Waals surface area contributed by atoms with Gasteiger partial charge in [0.1, 0.15) is 5.03 Å². The van der Waals surface area contributed by atoms with Crippen LogP contribution in [-0.4, -0.2) is 73.1 Å². The van der Waals surface area contributed by atoms with Crippen molar-refractivity contribution in [2.45, 2.75) is 17.7 Å². The summed E-state index contributed by atoms with van der Waals surface area (Å²) in [5, 5.41) is 4.62. The van der Waals surface area contributed by atoms with E-state index in [9.17, 15) is 4.79 Å². The minimum Gasteiger partial charge on any atom is -0.481 e. The van der Waals surface area contributed by atoms with Crippen molar-refractivity contribution < 1.29 is 19.0 Å². The number of nitrogens with zero attached hydrogens (tertiary/aromatic N) is 3. The van der Waals surface area contributed by atoms with Crippen molar-refractivity contribution >= 4 is 40.9 Å². The standard InChI is InChI=1S/C20H24Cl2N4O4S/c1-28-18-8-19(25-20(24-18)29-2)31-12-17(27)23-9-14-11-26(5-6-30-14)10-13-3-4-15(21)16(22)7-13/h3-4,7-8,14H,5-6,9-12H2,1-2H3,(H,23,27)/t14-/m0/s1. The lowest BCUT2D eigenvalue weighted by atomic mass is 10.2. The van der Waals surface area contributed by atoms with Crippen LogP contribution in [0, 0.1) is 0 Å². The van der Waals surface area contributed by atoms with Gasteiger partial charge in [-0.25, -0.2) is 0 Å².